The minimum Gasteiger partial charge on any atom is -0.488 e. The lowest BCUT2D eigenvalue weighted by atomic mass is 10.0. The number of anilines is 1. The molecule has 16 heteroatoms. The van der Waals surface area contributed by atoms with Crippen LogP contribution in [0.5, 0.6) is 5.75 Å². The molecule has 1 amide bonds. The summed E-state index contributed by atoms with van der Waals surface area (Å²) in [5.74, 6) is -0.182. The van der Waals surface area contributed by atoms with Gasteiger partial charge in [0.15, 0.2) is 10.8 Å². The van der Waals surface area contributed by atoms with Gasteiger partial charge in [0.25, 0.3) is 10.0 Å². The van der Waals surface area contributed by atoms with E-state index in [2.05, 4.69) is 14.9 Å². The van der Waals surface area contributed by atoms with Crippen LogP contribution < -0.4 is 9.46 Å². The number of fused-ring (bicyclic) bond motifs is 1. The molecule has 3 atom stereocenters. The molecule has 0 saturated heterocycles. The van der Waals surface area contributed by atoms with Crippen LogP contribution in [0.1, 0.15) is 30.9 Å². The number of aliphatic hydroxyl groups excluding tert-OH is 1. The van der Waals surface area contributed by atoms with E-state index in [-0.39, 0.29) is 65.0 Å². The summed E-state index contributed by atoms with van der Waals surface area (Å²) < 4.78 is 69.2. The smallest absolute Gasteiger partial charge is 0.280 e. The fourth-order valence-corrected chi connectivity index (χ4v) is 7.29. The number of carbonyl (C=O) groups is 1. The van der Waals surface area contributed by atoms with E-state index in [1.807, 2.05) is 6.92 Å². The quantitative estimate of drug-likeness (QED) is 0.353. The molecular weight excluding hydrogens is 588 g/mol. The fraction of sp³-hybridized carbons (Fsp3) is 0.500. The molecule has 1 aliphatic heterocycles. The average molecular weight is 625 g/mol. The maximum absolute atomic E-state index is 13.5. The van der Waals surface area contributed by atoms with E-state index in [1.54, 1.807) is 27.0 Å². The summed E-state index contributed by atoms with van der Waals surface area (Å²) in [6, 6.07) is 4.04. The molecule has 1 aliphatic rings. The van der Waals surface area contributed by atoms with Crippen LogP contribution in [-0.2, 0) is 38.3 Å². The Labute approximate surface area is 245 Å². The minimum atomic E-state index is -4.00. The van der Waals surface area contributed by atoms with Crippen LogP contribution >= 0.6 is 0 Å². The lowest BCUT2D eigenvalue weighted by Crippen LogP contribution is -2.48. The summed E-state index contributed by atoms with van der Waals surface area (Å²) in [7, 11) is -4.91. The second-order valence-electron chi connectivity index (χ2n) is 10.6. The van der Waals surface area contributed by atoms with Gasteiger partial charge >= 0.3 is 0 Å². The molecule has 3 aromatic rings. The third-order valence-electron chi connectivity index (χ3n) is 7.20. The van der Waals surface area contributed by atoms with Crippen LogP contribution in [-0.4, -0.2) is 90.7 Å². The number of aromatic nitrogens is 3. The molecule has 3 heterocycles. The van der Waals surface area contributed by atoms with E-state index in [0.717, 1.165) is 4.31 Å². The van der Waals surface area contributed by atoms with E-state index in [1.165, 1.54) is 48.1 Å². The van der Waals surface area contributed by atoms with Gasteiger partial charge in [0.1, 0.15) is 22.4 Å². The summed E-state index contributed by atoms with van der Waals surface area (Å²) in [5.41, 5.74) is 0.827. The van der Waals surface area contributed by atoms with Gasteiger partial charge in [-0.2, -0.15) is 12.7 Å². The van der Waals surface area contributed by atoms with Crippen molar-refractivity contribution < 1.29 is 36.0 Å². The first-order chi connectivity index (χ1) is 19.6. The molecule has 0 saturated carbocycles. The summed E-state index contributed by atoms with van der Waals surface area (Å²) in [6.07, 6.45) is 1.87. The van der Waals surface area contributed by atoms with Gasteiger partial charge in [-0.3, -0.25) is 9.52 Å². The van der Waals surface area contributed by atoms with E-state index in [4.69, 9.17) is 9.26 Å². The first-order valence-corrected chi connectivity index (χ1v) is 16.2. The van der Waals surface area contributed by atoms with Crippen molar-refractivity contribution in [3.05, 3.63) is 47.7 Å². The van der Waals surface area contributed by atoms with Crippen molar-refractivity contribution in [2.45, 2.75) is 56.2 Å². The molecule has 2 N–H and O–H groups in total. The zero-order valence-electron chi connectivity index (χ0n) is 24.3. The molecule has 0 fully saturated rings. The van der Waals surface area contributed by atoms with Gasteiger partial charge in [0.2, 0.25) is 15.9 Å². The number of ether oxygens (including phenoxy) is 1. The number of likely N-dealkylation sites (N-methyl/N-ethyl adjacent to an activating group) is 1. The third-order valence-corrected chi connectivity index (χ3v) is 10.5. The van der Waals surface area contributed by atoms with E-state index < -0.39 is 32.2 Å². The summed E-state index contributed by atoms with van der Waals surface area (Å²) in [5, 5.41) is 13.5. The molecule has 1 aromatic carbocycles. The van der Waals surface area contributed by atoms with Crippen molar-refractivity contribution in [1.82, 2.24) is 23.9 Å². The molecular formula is C26H36N6O8S2. The number of imidazole rings is 1. The predicted octanol–water partition coefficient (Wildman–Crippen LogP) is 1.30. The number of hydrogen-bond donors (Lipinski definition) is 2. The van der Waals surface area contributed by atoms with E-state index in [9.17, 15) is 26.7 Å². The van der Waals surface area contributed by atoms with E-state index >= 15 is 0 Å². The molecule has 2 aromatic heterocycles. The second-order valence-corrected chi connectivity index (χ2v) is 14.2. The summed E-state index contributed by atoms with van der Waals surface area (Å²) >= 11 is 0. The number of aliphatic hydroxyl groups is 1. The molecule has 0 spiro atoms. The Bertz CT molecular complexity index is 1650. The van der Waals surface area contributed by atoms with Crippen LogP contribution in [0, 0.1) is 19.8 Å². The van der Waals surface area contributed by atoms with Crippen molar-refractivity contribution in [1.29, 1.82) is 0 Å². The van der Waals surface area contributed by atoms with Crippen LogP contribution in [0.3, 0.4) is 0 Å². The number of hydrogen-bond acceptors (Lipinski definition) is 10. The molecule has 0 radical (unpaired) electrons. The normalized spacial score (nSPS) is 19.0. The van der Waals surface area contributed by atoms with Crippen LogP contribution in [0.2, 0.25) is 0 Å². The second kappa shape index (κ2) is 12.0. The highest BCUT2D eigenvalue weighted by Crippen LogP contribution is 2.31. The maximum atomic E-state index is 13.5. The molecule has 4 rings (SSSR count). The van der Waals surface area contributed by atoms with Crippen LogP contribution in [0.15, 0.2) is 45.2 Å². The van der Waals surface area contributed by atoms with Crippen molar-refractivity contribution in [2.75, 3.05) is 31.5 Å². The van der Waals surface area contributed by atoms with Gasteiger partial charge < -0.3 is 23.8 Å². The van der Waals surface area contributed by atoms with Gasteiger partial charge in [-0.15, -0.1) is 0 Å². The number of carbonyl (C=O) groups excluding carboxylic acids is 1. The van der Waals surface area contributed by atoms with Gasteiger partial charge in [-0.25, -0.2) is 13.4 Å². The van der Waals surface area contributed by atoms with Gasteiger partial charge in [0.05, 0.1) is 31.9 Å². The number of nitrogens with one attached hydrogen (secondary N) is 1. The Morgan fingerprint density at radius 2 is 1.95 bits per heavy atom. The molecule has 0 aliphatic carbocycles. The first kappa shape index (κ1) is 31.5. The fourth-order valence-electron chi connectivity index (χ4n) is 4.80. The maximum Gasteiger partial charge on any atom is 0.280 e. The minimum absolute atomic E-state index is 0.0170. The Morgan fingerprint density at radius 3 is 2.55 bits per heavy atom. The molecule has 14 nitrogen and oxygen atoms in total. The zero-order valence-corrected chi connectivity index (χ0v) is 25.9. The Hall–Kier alpha value is -3.47. The highest BCUT2D eigenvalue weighted by Gasteiger charge is 2.35. The predicted molar refractivity (Wildman–Crippen MR) is 152 cm³/mol. The van der Waals surface area contributed by atoms with Gasteiger partial charge in [0, 0.05) is 44.0 Å². The first-order valence-electron chi connectivity index (χ1n) is 13.2. The standard InChI is InChI=1S/C26H36N6O8S2/c1-16-11-32(17(2)14-33)25(34)10-20-9-21(29-41(35,36)24-13-30(5)15-27-24)7-8-22(20)39-23(16)12-31(6)42(37,38)26-18(3)28-40-19(26)4/h7-9,13,15-17,23,29,33H,10-12,14H2,1-6H3/t16-,17-,23-/m1/s1. The van der Waals surface area contributed by atoms with Crippen molar-refractivity contribution in [2.24, 2.45) is 13.0 Å². The Balaban J connectivity index is 1.70. The Morgan fingerprint density at radius 1 is 1.24 bits per heavy atom. The third kappa shape index (κ3) is 6.45. The number of aryl methyl sites for hydroxylation is 3. The van der Waals surface area contributed by atoms with Crippen molar-refractivity contribution in [3.63, 3.8) is 0 Å². The SMILES string of the molecule is Cc1noc(C)c1S(=O)(=O)N(C)C[C@H]1Oc2ccc(NS(=O)(=O)c3cn(C)cn3)cc2CC(=O)N([C@H](C)CO)C[C@H]1C. The number of amides is 1. The largest absolute Gasteiger partial charge is 0.488 e. The monoisotopic (exact) mass is 624 g/mol. The van der Waals surface area contributed by atoms with E-state index in [0.29, 0.717) is 11.3 Å². The number of benzene rings is 1. The number of nitrogens with zero attached hydrogens (tertiary/aromatic N) is 5. The molecule has 0 bridgehead atoms. The zero-order chi connectivity index (χ0) is 31.0. The lowest BCUT2D eigenvalue weighted by Gasteiger charge is -2.33. The average Bonchev–Trinajstić information content (AvgIpc) is 3.52. The van der Waals surface area contributed by atoms with Gasteiger partial charge in [-0.1, -0.05) is 12.1 Å². The lowest BCUT2D eigenvalue weighted by molar-refractivity contribution is -0.134. The highest BCUT2D eigenvalue weighted by atomic mass is 32.2. The number of sulfonamides is 2. The van der Waals surface area contributed by atoms with Crippen molar-refractivity contribution >= 4 is 31.6 Å². The topological polar surface area (TPSA) is 177 Å². The summed E-state index contributed by atoms with van der Waals surface area (Å²) in [6.45, 7) is 6.47. The Kier molecular flexibility index (Phi) is 9.01. The molecule has 42 heavy (non-hydrogen) atoms. The molecule has 230 valence electrons. The van der Waals surface area contributed by atoms with Gasteiger partial charge in [-0.05, 0) is 39.0 Å². The van der Waals surface area contributed by atoms with Crippen LogP contribution in [0.25, 0.3) is 0 Å². The molecule has 0 unspecified atom stereocenters. The highest BCUT2D eigenvalue weighted by molar-refractivity contribution is 7.92. The van der Waals surface area contributed by atoms with Crippen LogP contribution in [0.4, 0.5) is 5.69 Å². The number of rotatable bonds is 9. The summed E-state index contributed by atoms with van der Waals surface area (Å²) in [4.78, 5) is 18.9. The van der Waals surface area contributed by atoms with Crippen molar-refractivity contribution in [3.8, 4) is 5.75 Å².